The Bertz CT molecular complexity index is 640. The summed E-state index contributed by atoms with van der Waals surface area (Å²) in [6.07, 6.45) is 0.368. The SMILES string of the molecule is C[C@H]1COCCN1C(=O)Cc1csc(-c2cc(Br)cs2)n1. The molecule has 1 amide bonds. The summed E-state index contributed by atoms with van der Waals surface area (Å²) >= 11 is 6.69. The molecule has 1 saturated heterocycles. The molecule has 112 valence electrons. The zero-order chi connectivity index (χ0) is 14.8. The summed E-state index contributed by atoms with van der Waals surface area (Å²) in [6.45, 7) is 3.94. The van der Waals surface area contributed by atoms with Crippen molar-refractivity contribution in [2.75, 3.05) is 19.8 Å². The van der Waals surface area contributed by atoms with Gasteiger partial charge in [0.05, 0.1) is 36.2 Å². The molecule has 0 radical (unpaired) electrons. The maximum atomic E-state index is 12.4. The van der Waals surface area contributed by atoms with Crippen LogP contribution < -0.4 is 0 Å². The maximum Gasteiger partial charge on any atom is 0.229 e. The van der Waals surface area contributed by atoms with Crippen molar-refractivity contribution in [2.24, 2.45) is 0 Å². The molecule has 1 aliphatic rings. The number of hydrogen-bond acceptors (Lipinski definition) is 5. The molecular weight excluding hydrogens is 372 g/mol. The third-order valence-electron chi connectivity index (χ3n) is 3.35. The molecule has 4 nitrogen and oxygen atoms in total. The molecule has 1 aliphatic heterocycles. The van der Waals surface area contributed by atoms with Gasteiger partial charge in [-0.2, -0.15) is 0 Å². The number of ether oxygens (including phenoxy) is 1. The molecule has 1 atom stereocenters. The first-order valence-electron chi connectivity index (χ1n) is 6.69. The summed E-state index contributed by atoms with van der Waals surface area (Å²) in [4.78, 5) is 20.0. The van der Waals surface area contributed by atoms with Gasteiger partial charge in [-0.15, -0.1) is 22.7 Å². The van der Waals surface area contributed by atoms with E-state index in [-0.39, 0.29) is 11.9 Å². The number of carbonyl (C=O) groups is 1. The van der Waals surface area contributed by atoms with Gasteiger partial charge in [0, 0.05) is 21.8 Å². The van der Waals surface area contributed by atoms with Gasteiger partial charge in [0.15, 0.2) is 0 Å². The predicted octanol–water partition coefficient (Wildman–Crippen LogP) is 3.42. The molecule has 0 saturated carbocycles. The topological polar surface area (TPSA) is 42.4 Å². The fourth-order valence-electron chi connectivity index (χ4n) is 2.28. The van der Waals surface area contributed by atoms with E-state index in [4.69, 9.17) is 4.74 Å². The fraction of sp³-hybridized carbons (Fsp3) is 0.429. The molecule has 0 unspecified atom stereocenters. The van der Waals surface area contributed by atoms with Gasteiger partial charge in [-0.25, -0.2) is 4.98 Å². The summed E-state index contributed by atoms with van der Waals surface area (Å²) in [5.41, 5.74) is 0.850. The van der Waals surface area contributed by atoms with Crippen LogP contribution in [0.3, 0.4) is 0 Å². The van der Waals surface area contributed by atoms with E-state index in [2.05, 4.69) is 27.0 Å². The van der Waals surface area contributed by atoms with Gasteiger partial charge in [0.2, 0.25) is 5.91 Å². The quantitative estimate of drug-likeness (QED) is 0.811. The van der Waals surface area contributed by atoms with Crippen molar-refractivity contribution in [1.29, 1.82) is 0 Å². The highest BCUT2D eigenvalue weighted by atomic mass is 79.9. The Morgan fingerprint density at radius 2 is 2.38 bits per heavy atom. The number of rotatable bonds is 3. The van der Waals surface area contributed by atoms with Gasteiger partial charge in [0.25, 0.3) is 0 Å². The van der Waals surface area contributed by atoms with Gasteiger partial charge >= 0.3 is 0 Å². The molecule has 0 bridgehead atoms. The third-order valence-corrected chi connectivity index (χ3v) is 6.10. The van der Waals surface area contributed by atoms with Gasteiger partial charge in [0.1, 0.15) is 5.01 Å². The van der Waals surface area contributed by atoms with Crippen LogP contribution in [0.4, 0.5) is 0 Å². The van der Waals surface area contributed by atoms with Crippen molar-refractivity contribution in [3.63, 3.8) is 0 Å². The molecule has 2 aromatic rings. The number of thiophene rings is 1. The Kier molecular flexibility index (Phi) is 4.73. The Balaban J connectivity index is 1.68. The Labute approximate surface area is 139 Å². The van der Waals surface area contributed by atoms with Crippen molar-refractivity contribution in [3.05, 3.63) is 27.0 Å². The van der Waals surface area contributed by atoms with E-state index in [1.165, 1.54) is 0 Å². The Hall–Kier alpha value is -0.760. The minimum absolute atomic E-state index is 0.134. The first-order valence-corrected chi connectivity index (χ1v) is 9.25. The lowest BCUT2D eigenvalue weighted by Gasteiger charge is -2.33. The van der Waals surface area contributed by atoms with Gasteiger partial charge in [-0.05, 0) is 28.9 Å². The average molecular weight is 387 g/mol. The van der Waals surface area contributed by atoms with Crippen molar-refractivity contribution in [2.45, 2.75) is 19.4 Å². The van der Waals surface area contributed by atoms with Crippen LogP contribution in [0.15, 0.2) is 21.3 Å². The van der Waals surface area contributed by atoms with Crippen LogP contribution in [-0.4, -0.2) is 41.6 Å². The highest BCUT2D eigenvalue weighted by Gasteiger charge is 2.24. The molecule has 1 fully saturated rings. The maximum absolute atomic E-state index is 12.4. The van der Waals surface area contributed by atoms with E-state index >= 15 is 0 Å². The number of nitrogens with zero attached hydrogens (tertiary/aromatic N) is 2. The highest BCUT2D eigenvalue weighted by molar-refractivity contribution is 9.10. The molecule has 0 aromatic carbocycles. The normalized spacial score (nSPS) is 19.0. The van der Waals surface area contributed by atoms with E-state index in [1.54, 1.807) is 22.7 Å². The van der Waals surface area contributed by atoms with Crippen LogP contribution in [-0.2, 0) is 16.0 Å². The summed E-state index contributed by atoms with van der Waals surface area (Å²) in [7, 11) is 0. The molecule has 3 heterocycles. The van der Waals surface area contributed by atoms with E-state index in [1.807, 2.05) is 22.6 Å². The predicted molar refractivity (Wildman–Crippen MR) is 88.8 cm³/mol. The second-order valence-corrected chi connectivity index (χ2v) is 7.65. The zero-order valence-electron chi connectivity index (χ0n) is 11.5. The van der Waals surface area contributed by atoms with Crippen LogP contribution in [0.25, 0.3) is 9.88 Å². The minimum atomic E-state index is 0.134. The number of halogens is 1. The number of amides is 1. The van der Waals surface area contributed by atoms with Crippen LogP contribution in [0.5, 0.6) is 0 Å². The number of morpholine rings is 1. The highest BCUT2D eigenvalue weighted by Crippen LogP contribution is 2.32. The number of hydrogen-bond donors (Lipinski definition) is 0. The Morgan fingerprint density at radius 3 is 3.10 bits per heavy atom. The van der Waals surface area contributed by atoms with E-state index in [0.29, 0.717) is 26.2 Å². The third kappa shape index (κ3) is 3.53. The summed E-state index contributed by atoms with van der Waals surface area (Å²) in [5, 5.41) is 4.99. The molecule has 7 heteroatoms. The van der Waals surface area contributed by atoms with Gasteiger partial charge < -0.3 is 9.64 Å². The fourth-order valence-corrected chi connectivity index (χ4v) is 4.61. The molecule has 0 aliphatic carbocycles. The lowest BCUT2D eigenvalue weighted by molar-refractivity contribution is -0.138. The zero-order valence-corrected chi connectivity index (χ0v) is 14.8. The number of aromatic nitrogens is 1. The second kappa shape index (κ2) is 6.56. The van der Waals surface area contributed by atoms with Crippen LogP contribution in [0, 0.1) is 0 Å². The lowest BCUT2D eigenvalue weighted by atomic mass is 10.2. The lowest BCUT2D eigenvalue weighted by Crippen LogP contribution is -2.47. The first kappa shape index (κ1) is 15.1. The number of thiazole rings is 1. The van der Waals surface area contributed by atoms with E-state index < -0.39 is 0 Å². The van der Waals surface area contributed by atoms with E-state index in [0.717, 1.165) is 20.1 Å². The van der Waals surface area contributed by atoms with Crippen molar-refractivity contribution >= 4 is 44.5 Å². The summed E-state index contributed by atoms with van der Waals surface area (Å²) < 4.78 is 6.43. The molecule has 2 aromatic heterocycles. The molecular formula is C14H15BrN2O2S2. The first-order chi connectivity index (χ1) is 10.1. The summed E-state index contributed by atoms with van der Waals surface area (Å²) in [6, 6.07) is 2.21. The minimum Gasteiger partial charge on any atom is -0.377 e. The van der Waals surface area contributed by atoms with Crippen LogP contribution in [0.1, 0.15) is 12.6 Å². The molecule has 0 spiro atoms. The van der Waals surface area contributed by atoms with Crippen molar-refractivity contribution in [3.8, 4) is 9.88 Å². The van der Waals surface area contributed by atoms with Crippen molar-refractivity contribution < 1.29 is 9.53 Å². The largest absolute Gasteiger partial charge is 0.377 e. The molecule has 3 rings (SSSR count). The smallest absolute Gasteiger partial charge is 0.229 e. The standard InChI is InChI=1S/C14H15BrN2O2S2/c1-9-6-19-3-2-17(9)13(18)5-11-8-21-14(16-11)12-4-10(15)7-20-12/h4,7-9H,2-3,5-6H2,1H3/t9-/m0/s1. The summed E-state index contributed by atoms with van der Waals surface area (Å²) in [5.74, 6) is 0.134. The molecule has 0 N–H and O–H groups in total. The van der Waals surface area contributed by atoms with E-state index in [9.17, 15) is 4.79 Å². The Morgan fingerprint density at radius 1 is 1.52 bits per heavy atom. The van der Waals surface area contributed by atoms with Gasteiger partial charge in [-0.1, -0.05) is 0 Å². The number of carbonyl (C=O) groups excluding carboxylic acids is 1. The monoisotopic (exact) mass is 386 g/mol. The van der Waals surface area contributed by atoms with Crippen molar-refractivity contribution in [1.82, 2.24) is 9.88 Å². The molecule has 21 heavy (non-hydrogen) atoms. The van der Waals surface area contributed by atoms with Crippen LogP contribution in [0.2, 0.25) is 0 Å². The van der Waals surface area contributed by atoms with Crippen LogP contribution >= 0.6 is 38.6 Å². The van der Waals surface area contributed by atoms with Gasteiger partial charge in [-0.3, -0.25) is 4.79 Å². The average Bonchev–Trinajstić information content (AvgIpc) is 3.08. The second-order valence-electron chi connectivity index (χ2n) is 4.96.